The van der Waals surface area contributed by atoms with Crippen LogP contribution in [-0.2, 0) is 4.79 Å². The molecule has 1 amide bonds. The predicted molar refractivity (Wildman–Crippen MR) is 68.2 cm³/mol. The smallest absolute Gasteiger partial charge is 0.266 e. The average Bonchev–Trinajstić information content (AvgIpc) is 2.73. The van der Waals surface area contributed by atoms with Gasteiger partial charge < -0.3 is 10.0 Å². The van der Waals surface area contributed by atoms with Gasteiger partial charge in [-0.2, -0.15) is 0 Å². The summed E-state index contributed by atoms with van der Waals surface area (Å²) in [5.74, 6) is 0.620. The largest absolute Gasteiger partial charge is 0.395 e. The minimum atomic E-state index is -0.407. The molecule has 18 heavy (non-hydrogen) atoms. The van der Waals surface area contributed by atoms with Gasteiger partial charge in [-0.3, -0.25) is 19.9 Å². The van der Waals surface area contributed by atoms with E-state index in [-0.39, 0.29) is 12.5 Å². The number of hydrogen-bond acceptors (Lipinski definition) is 6. The number of likely N-dealkylation sites (N-methyl/N-ethyl adjacent to an activating group) is 1. The molecule has 2 aliphatic heterocycles. The first-order chi connectivity index (χ1) is 8.61. The standard InChI is InChI=1S/C11H21N5O2/c1-14(2)9-10(18)13-11(12-9)16-5-3-15(4-6-16)7-8-17/h9,17H,3-8H2,1-2H3,(H,12,13,18). The molecule has 7 heteroatoms. The number of aliphatic hydroxyl groups excluding tert-OH is 1. The van der Waals surface area contributed by atoms with Crippen LogP contribution in [0.3, 0.4) is 0 Å². The minimum absolute atomic E-state index is 0.0622. The Kier molecular flexibility index (Phi) is 4.15. The summed E-state index contributed by atoms with van der Waals surface area (Å²) in [6.45, 7) is 4.36. The lowest BCUT2D eigenvalue weighted by atomic mass is 10.3. The third kappa shape index (κ3) is 2.80. The fraction of sp³-hybridized carbons (Fsp3) is 0.818. The molecule has 0 aromatic rings. The number of rotatable bonds is 3. The number of hydrogen-bond donors (Lipinski definition) is 2. The third-order valence-corrected chi connectivity index (χ3v) is 3.29. The summed E-state index contributed by atoms with van der Waals surface area (Å²) in [4.78, 5) is 22.2. The highest BCUT2D eigenvalue weighted by molar-refractivity contribution is 6.04. The molecule has 2 rings (SSSR count). The molecular formula is C11H21N5O2. The van der Waals surface area contributed by atoms with Crippen LogP contribution in [0.15, 0.2) is 4.99 Å². The van der Waals surface area contributed by atoms with Crippen molar-refractivity contribution in [2.45, 2.75) is 6.17 Å². The molecule has 7 nitrogen and oxygen atoms in total. The Morgan fingerprint density at radius 3 is 2.56 bits per heavy atom. The number of aliphatic hydroxyl groups is 1. The lowest BCUT2D eigenvalue weighted by Gasteiger charge is -2.35. The molecule has 0 bridgehead atoms. The Morgan fingerprint density at radius 1 is 1.39 bits per heavy atom. The quantitative estimate of drug-likeness (QED) is 0.608. The van der Waals surface area contributed by atoms with Gasteiger partial charge in [0.25, 0.3) is 5.91 Å². The van der Waals surface area contributed by atoms with Crippen molar-refractivity contribution in [2.24, 2.45) is 4.99 Å². The highest BCUT2D eigenvalue weighted by Crippen LogP contribution is 2.08. The van der Waals surface area contributed by atoms with E-state index in [0.717, 1.165) is 26.2 Å². The molecule has 0 aliphatic carbocycles. The fourth-order valence-corrected chi connectivity index (χ4v) is 2.22. The highest BCUT2D eigenvalue weighted by atomic mass is 16.3. The van der Waals surface area contributed by atoms with Crippen LogP contribution in [0.1, 0.15) is 0 Å². The van der Waals surface area contributed by atoms with Crippen molar-refractivity contribution in [3.05, 3.63) is 0 Å². The maximum absolute atomic E-state index is 11.7. The third-order valence-electron chi connectivity index (χ3n) is 3.29. The van der Waals surface area contributed by atoms with Crippen molar-refractivity contribution >= 4 is 11.9 Å². The van der Waals surface area contributed by atoms with Gasteiger partial charge in [0, 0.05) is 32.7 Å². The van der Waals surface area contributed by atoms with Crippen molar-refractivity contribution in [1.82, 2.24) is 20.0 Å². The van der Waals surface area contributed by atoms with Crippen molar-refractivity contribution in [1.29, 1.82) is 0 Å². The van der Waals surface area contributed by atoms with Crippen LogP contribution in [-0.4, -0.2) is 91.3 Å². The highest BCUT2D eigenvalue weighted by Gasteiger charge is 2.31. The van der Waals surface area contributed by atoms with Gasteiger partial charge in [-0.15, -0.1) is 0 Å². The molecule has 2 heterocycles. The maximum atomic E-state index is 11.7. The molecule has 102 valence electrons. The van der Waals surface area contributed by atoms with Gasteiger partial charge in [-0.05, 0) is 14.1 Å². The number of carbonyl (C=O) groups excluding carboxylic acids is 1. The topological polar surface area (TPSA) is 71.4 Å². The summed E-state index contributed by atoms with van der Waals surface area (Å²) in [6, 6.07) is 0. The predicted octanol–water partition coefficient (Wildman–Crippen LogP) is -2.03. The number of carbonyl (C=O) groups is 1. The second-order valence-electron chi connectivity index (χ2n) is 4.83. The molecule has 1 atom stereocenters. The Morgan fingerprint density at radius 2 is 2.06 bits per heavy atom. The van der Waals surface area contributed by atoms with Crippen LogP contribution in [0.2, 0.25) is 0 Å². The molecule has 0 aromatic carbocycles. The summed E-state index contributed by atoms with van der Waals surface area (Å²) in [6.07, 6.45) is -0.407. The lowest BCUT2D eigenvalue weighted by Crippen LogP contribution is -2.52. The van der Waals surface area contributed by atoms with Crippen molar-refractivity contribution < 1.29 is 9.90 Å². The second-order valence-corrected chi connectivity index (χ2v) is 4.83. The first kappa shape index (κ1) is 13.3. The van der Waals surface area contributed by atoms with Crippen LogP contribution >= 0.6 is 0 Å². The Labute approximate surface area is 107 Å². The number of nitrogens with one attached hydrogen (secondary N) is 1. The normalized spacial score (nSPS) is 25.6. The zero-order valence-electron chi connectivity index (χ0n) is 11.0. The average molecular weight is 255 g/mol. The van der Waals surface area contributed by atoms with Gasteiger partial charge in [0.15, 0.2) is 6.17 Å². The number of guanidine groups is 1. The molecule has 1 unspecified atom stereocenters. The van der Waals surface area contributed by atoms with E-state index >= 15 is 0 Å². The van der Waals surface area contributed by atoms with Crippen molar-refractivity contribution in [3.63, 3.8) is 0 Å². The van der Waals surface area contributed by atoms with E-state index in [2.05, 4.69) is 20.1 Å². The van der Waals surface area contributed by atoms with Crippen LogP contribution in [0.4, 0.5) is 0 Å². The Balaban J connectivity index is 1.91. The van der Waals surface area contributed by atoms with Crippen LogP contribution in [0.5, 0.6) is 0 Å². The molecule has 1 saturated heterocycles. The summed E-state index contributed by atoms with van der Waals surface area (Å²) in [5.41, 5.74) is 0. The van der Waals surface area contributed by atoms with E-state index < -0.39 is 6.17 Å². The minimum Gasteiger partial charge on any atom is -0.395 e. The fourth-order valence-electron chi connectivity index (χ4n) is 2.22. The maximum Gasteiger partial charge on any atom is 0.266 e. The molecule has 1 fully saturated rings. The van der Waals surface area contributed by atoms with Crippen molar-refractivity contribution in [2.75, 3.05) is 53.4 Å². The van der Waals surface area contributed by atoms with E-state index in [1.807, 2.05) is 14.1 Å². The number of aliphatic imine (C=N–C) groups is 1. The van der Waals surface area contributed by atoms with Crippen LogP contribution in [0.25, 0.3) is 0 Å². The van der Waals surface area contributed by atoms with Gasteiger partial charge in [0.1, 0.15) is 0 Å². The second kappa shape index (κ2) is 5.64. The number of nitrogens with zero attached hydrogens (tertiary/aromatic N) is 4. The number of amides is 1. The molecule has 2 N–H and O–H groups in total. The summed E-state index contributed by atoms with van der Waals surface area (Å²) in [5, 5.41) is 11.7. The zero-order valence-corrected chi connectivity index (χ0v) is 11.0. The Bertz CT molecular complexity index is 336. The monoisotopic (exact) mass is 255 g/mol. The molecule has 0 saturated carbocycles. The molecule has 0 spiro atoms. The van der Waals surface area contributed by atoms with E-state index in [1.165, 1.54) is 0 Å². The van der Waals surface area contributed by atoms with Crippen LogP contribution in [0, 0.1) is 0 Å². The van der Waals surface area contributed by atoms with E-state index in [9.17, 15) is 4.79 Å². The van der Waals surface area contributed by atoms with Crippen molar-refractivity contribution in [3.8, 4) is 0 Å². The number of piperazine rings is 1. The van der Waals surface area contributed by atoms with E-state index in [4.69, 9.17) is 5.11 Å². The lowest BCUT2D eigenvalue weighted by molar-refractivity contribution is -0.122. The summed E-state index contributed by atoms with van der Waals surface area (Å²) < 4.78 is 0. The molecule has 2 aliphatic rings. The first-order valence-electron chi connectivity index (χ1n) is 6.25. The van der Waals surface area contributed by atoms with E-state index in [1.54, 1.807) is 4.90 Å². The zero-order chi connectivity index (χ0) is 13.1. The Hall–Kier alpha value is -1.18. The molecule has 0 radical (unpaired) electrons. The first-order valence-corrected chi connectivity index (χ1v) is 6.25. The molecule has 0 aromatic heterocycles. The summed E-state index contributed by atoms with van der Waals surface area (Å²) >= 11 is 0. The van der Waals surface area contributed by atoms with Gasteiger partial charge in [0.05, 0.1) is 6.61 Å². The van der Waals surface area contributed by atoms with Gasteiger partial charge in [-0.25, -0.2) is 4.99 Å². The van der Waals surface area contributed by atoms with E-state index in [0.29, 0.717) is 12.5 Å². The molecular weight excluding hydrogens is 234 g/mol. The summed E-state index contributed by atoms with van der Waals surface area (Å²) in [7, 11) is 3.69. The van der Waals surface area contributed by atoms with Gasteiger partial charge in [-0.1, -0.05) is 0 Å². The SMILES string of the molecule is CN(C)C1N=C(N2CCN(CCO)CC2)NC1=O. The number of β-amino-alcohol motifs (C(OH)–C–C–N with tert-alkyl or cyclic N) is 1. The van der Waals surface area contributed by atoms with Gasteiger partial charge >= 0.3 is 0 Å². The van der Waals surface area contributed by atoms with Gasteiger partial charge in [0.2, 0.25) is 5.96 Å². The van der Waals surface area contributed by atoms with Crippen LogP contribution < -0.4 is 5.32 Å².